The summed E-state index contributed by atoms with van der Waals surface area (Å²) in [6.07, 6.45) is -7.56. The second kappa shape index (κ2) is 9.92. The lowest BCUT2D eigenvalue weighted by atomic mass is 9.99. The van der Waals surface area contributed by atoms with E-state index in [1.165, 1.54) is 26.2 Å². The Morgan fingerprint density at radius 1 is 1.00 bits per heavy atom. The molecular formula is C24H24O11. The molecule has 0 spiro atoms. The molecule has 1 aliphatic heterocycles. The first-order valence-electron chi connectivity index (χ1n) is 10.6. The standard InChI is InChI=1S/C24H24O11/c1-11(25)32-10-19-21(28)22(29)23(30)24(35-19)33-14-7-15(26)20-16(27)9-17(34-18(20)8-14)12-3-5-13(31-2)6-4-12/h3-9,19,21-24,26,28-30H,10H2,1-2H3/t19-,21-,22+,23-,24-/m1/s1. The van der Waals surface area contributed by atoms with Crippen molar-refractivity contribution < 1.29 is 48.6 Å². The van der Waals surface area contributed by atoms with Gasteiger partial charge in [0, 0.05) is 30.7 Å². The van der Waals surface area contributed by atoms with Gasteiger partial charge < -0.3 is 43.8 Å². The van der Waals surface area contributed by atoms with Gasteiger partial charge in [0.1, 0.15) is 65.0 Å². The van der Waals surface area contributed by atoms with Gasteiger partial charge in [-0.1, -0.05) is 0 Å². The van der Waals surface area contributed by atoms with Crippen molar-refractivity contribution in [2.75, 3.05) is 13.7 Å². The van der Waals surface area contributed by atoms with Gasteiger partial charge in [-0.15, -0.1) is 0 Å². The molecular weight excluding hydrogens is 464 g/mol. The average Bonchev–Trinajstić information content (AvgIpc) is 2.83. The Balaban J connectivity index is 1.64. The number of esters is 1. The maximum atomic E-state index is 12.7. The number of ether oxygens (including phenoxy) is 4. The molecule has 0 unspecified atom stereocenters. The topological polar surface area (TPSA) is 165 Å². The van der Waals surface area contributed by atoms with Gasteiger partial charge in [0.05, 0.1) is 7.11 Å². The van der Waals surface area contributed by atoms with Gasteiger partial charge in [-0.2, -0.15) is 0 Å². The summed E-state index contributed by atoms with van der Waals surface area (Å²) in [5.74, 6) is -0.258. The summed E-state index contributed by atoms with van der Waals surface area (Å²) < 4.78 is 26.9. The van der Waals surface area contributed by atoms with E-state index in [1.807, 2.05) is 0 Å². The van der Waals surface area contributed by atoms with Crippen LogP contribution in [0.25, 0.3) is 22.3 Å². The van der Waals surface area contributed by atoms with E-state index < -0.39 is 47.9 Å². The second-order valence-electron chi connectivity index (χ2n) is 7.95. The number of rotatable bonds is 6. The number of phenols is 1. The zero-order valence-electron chi connectivity index (χ0n) is 18.8. The van der Waals surface area contributed by atoms with Gasteiger partial charge >= 0.3 is 5.97 Å². The third-order valence-electron chi connectivity index (χ3n) is 5.53. The van der Waals surface area contributed by atoms with E-state index in [1.54, 1.807) is 24.3 Å². The van der Waals surface area contributed by atoms with Crippen LogP contribution in [-0.4, -0.2) is 70.8 Å². The number of carbonyl (C=O) groups is 1. The number of hydrogen-bond donors (Lipinski definition) is 4. The summed E-state index contributed by atoms with van der Waals surface area (Å²) in [6.45, 7) is 0.781. The number of aliphatic hydroxyl groups is 3. The lowest BCUT2D eigenvalue weighted by Crippen LogP contribution is -2.60. The van der Waals surface area contributed by atoms with Crippen molar-refractivity contribution in [1.82, 2.24) is 0 Å². The van der Waals surface area contributed by atoms with E-state index in [2.05, 4.69) is 0 Å². The molecule has 0 aliphatic carbocycles. The molecule has 1 aromatic heterocycles. The molecule has 1 saturated heterocycles. The number of carbonyl (C=O) groups excluding carboxylic acids is 1. The van der Waals surface area contributed by atoms with Crippen molar-refractivity contribution in [2.24, 2.45) is 0 Å². The first-order valence-corrected chi connectivity index (χ1v) is 10.6. The monoisotopic (exact) mass is 488 g/mol. The van der Waals surface area contributed by atoms with Crippen molar-refractivity contribution in [3.05, 3.63) is 52.7 Å². The minimum absolute atomic E-state index is 0.000614. The molecule has 5 atom stereocenters. The highest BCUT2D eigenvalue weighted by molar-refractivity contribution is 5.86. The molecule has 1 fully saturated rings. The van der Waals surface area contributed by atoms with E-state index in [9.17, 15) is 30.0 Å². The molecule has 2 heterocycles. The summed E-state index contributed by atoms with van der Waals surface area (Å²) in [6, 6.07) is 10.5. The Labute approximate surface area is 198 Å². The van der Waals surface area contributed by atoms with E-state index in [4.69, 9.17) is 23.4 Å². The third-order valence-corrected chi connectivity index (χ3v) is 5.53. The van der Waals surface area contributed by atoms with E-state index in [0.29, 0.717) is 11.3 Å². The molecule has 11 nitrogen and oxygen atoms in total. The molecule has 186 valence electrons. The summed E-state index contributed by atoms with van der Waals surface area (Å²) >= 11 is 0. The molecule has 0 amide bonds. The summed E-state index contributed by atoms with van der Waals surface area (Å²) in [7, 11) is 1.53. The van der Waals surface area contributed by atoms with E-state index in [0.717, 1.165) is 6.07 Å². The first-order chi connectivity index (χ1) is 16.7. The molecule has 4 rings (SSSR count). The normalized spacial score (nSPS) is 24.2. The summed E-state index contributed by atoms with van der Waals surface area (Å²) in [5.41, 5.74) is 0.0998. The number of fused-ring (bicyclic) bond motifs is 1. The van der Waals surface area contributed by atoms with Crippen LogP contribution in [-0.2, 0) is 14.3 Å². The fourth-order valence-electron chi connectivity index (χ4n) is 3.69. The fraction of sp³-hybridized carbons (Fsp3) is 0.333. The number of aromatic hydroxyl groups is 1. The van der Waals surface area contributed by atoms with Gasteiger partial charge in [-0.05, 0) is 24.3 Å². The summed E-state index contributed by atoms with van der Waals surface area (Å²) in [5, 5.41) is 41.0. The molecule has 1 aliphatic rings. The zero-order chi connectivity index (χ0) is 25.3. The minimum atomic E-state index is -1.67. The quantitative estimate of drug-likeness (QED) is 0.365. The number of hydrogen-bond acceptors (Lipinski definition) is 11. The Morgan fingerprint density at radius 2 is 1.71 bits per heavy atom. The van der Waals surface area contributed by atoms with Crippen molar-refractivity contribution in [2.45, 2.75) is 37.6 Å². The maximum absolute atomic E-state index is 12.7. The predicted molar refractivity (Wildman–Crippen MR) is 120 cm³/mol. The van der Waals surface area contributed by atoms with Crippen LogP contribution < -0.4 is 14.9 Å². The van der Waals surface area contributed by atoms with Crippen molar-refractivity contribution in [3.63, 3.8) is 0 Å². The largest absolute Gasteiger partial charge is 0.507 e. The second-order valence-corrected chi connectivity index (χ2v) is 7.95. The highest BCUT2D eigenvalue weighted by Gasteiger charge is 2.45. The number of methoxy groups -OCH3 is 1. The minimum Gasteiger partial charge on any atom is -0.507 e. The lowest BCUT2D eigenvalue weighted by Gasteiger charge is -2.39. The van der Waals surface area contributed by atoms with Crippen LogP contribution in [0, 0.1) is 0 Å². The Hall–Kier alpha value is -3.64. The van der Waals surface area contributed by atoms with E-state index in [-0.39, 0.29) is 29.1 Å². The van der Waals surface area contributed by atoms with Crippen LogP contribution >= 0.6 is 0 Å². The molecule has 0 saturated carbocycles. The zero-order valence-corrected chi connectivity index (χ0v) is 18.8. The fourth-order valence-corrected chi connectivity index (χ4v) is 3.69. The molecule has 4 N–H and O–H groups in total. The van der Waals surface area contributed by atoms with Crippen molar-refractivity contribution >= 4 is 16.9 Å². The summed E-state index contributed by atoms with van der Waals surface area (Å²) in [4.78, 5) is 23.8. The molecule has 0 radical (unpaired) electrons. The molecule has 3 aromatic rings. The highest BCUT2D eigenvalue weighted by Crippen LogP contribution is 2.33. The smallest absolute Gasteiger partial charge is 0.302 e. The van der Waals surface area contributed by atoms with Gasteiger partial charge in [0.2, 0.25) is 6.29 Å². The van der Waals surface area contributed by atoms with Crippen LogP contribution in [0.4, 0.5) is 0 Å². The van der Waals surface area contributed by atoms with Crippen molar-refractivity contribution in [3.8, 4) is 28.6 Å². The van der Waals surface area contributed by atoms with Gasteiger partial charge in [0.15, 0.2) is 5.43 Å². The average molecular weight is 488 g/mol. The Morgan fingerprint density at radius 3 is 2.37 bits per heavy atom. The van der Waals surface area contributed by atoms with Crippen LogP contribution in [0.1, 0.15) is 6.92 Å². The molecule has 2 aromatic carbocycles. The highest BCUT2D eigenvalue weighted by atomic mass is 16.7. The Kier molecular flexibility index (Phi) is 6.94. The van der Waals surface area contributed by atoms with Gasteiger partial charge in [0.25, 0.3) is 0 Å². The third kappa shape index (κ3) is 5.08. The van der Waals surface area contributed by atoms with Gasteiger partial charge in [-0.3, -0.25) is 9.59 Å². The van der Waals surface area contributed by atoms with E-state index >= 15 is 0 Å². The number of phenolic OH excluding ortho intramolecular Hbond substituents is 1. The molecule has 0 bridgehead atoms. The van der Waals surface area contributed by atoms with Crippen LogP contribution in [0.5, 0.6) is 17.2 Å². The van der Waals surface area contributed by atoms with Gasteiger partial charge in [-0.25, -0.2) is 0 Å². The van der Waals surface area contributed by atoms with Crippen molar-refractivity contribution in [1.29, 1.82) is 0 Å². The lowest BCUT2D eigenvalue weighted by molar-refractivity contribution is -0.278. The first kappa shape index (κ1) is 24.5. The Bertz CT molecular complexity index is 1270. The number of benzene rings is 2. The molecule has 35 heavy (non-hydrogen) atoms. The number of aliphatic hydroxyl groups excluding tert-OH is 3. The van der Waals surface area contributed by atoms with Crippen LogP contribution in [0.2, 0.25) is 0 Å². The predicted octanol–water partition coefficient (Wildman–Crippen LogP) is 0.924. The molecule has 11 heteroatoms. The maximum Gasteiger partial charge on any atom is 0.302 e. The van der Waals surface area contributed by atoms with Crippen LogP contribution in [0.15, 0.2) is 51.7 Å². The van der Waals surface area contributed by atoms with Crippen LogP contribution in [0.3, 0.4) is 0 Å². The SMILES string of the molecule is COc1ccc(-c2cc(=O)c3c(O)cc(O[C@@H]4O[C@H](COC(C)=O)[C@@H](O)[C@H](O)[C@H]4O)cc3o2)cc1.